The van der Waals surface area contributed by atoms with Crippen LogP contribution >= 0.6 is 11.8 Å². The zero-order valence-electron chi connectivity index (χ0n) is 10.2. The van der Waals surface area contributed by atoms with Gasteiger partial charge in [0.1, 0.15) is 11.5 Å². The Kier molecular flexibility index (Phi) is 6.39. The quantitative estimate of drug-likeness (QED) is 0.720. The van der Waals surface area contributed by atoms with Crippen LogP contribution in [0.25, 0.3) is 0 Å². The van der Waals surface area contributed by atoms with Crippen molar-refractivity contribution in [3.8, 4) is 0 Å². The highest BCUT2D eigenvalue weighted by Gasteiger charge is 2.06. The molecule has 1 rings (SSSR count). The molecule has 0 aromatic carbocycles. The third-order valence-corrected chi connectivity index (χ3v) is 2.64. The number of hydrogen-bond acceptors (Lipinski definition) is 5. The first-order valence-corrected chi connectivity index (χ1v) is 7.00. The summed E-state index contributed by atoms with van der Waals surface area (Å²) >= 11 is 1.69. The normalized spacial score (nSPS) is 10.0. The van der Waals surface area contributed by atoms with E-state index in [9.17, 15) is 4.79 Å². The summed E-state index contributed by atoms with van der Waals surface area (Å²) in [5, 5.41) is 5.88. The average Bonchev–Trinajstić information content (AvgIpc) is 2.37. The van der Waals surface area contributed by atoms with E-state index in [1.165, 1.54) is 6.20 Å². The van der Waals surface area contributed by atoms with E-state index < -0.39 is 0 Å². The number of carbonyl (C=O) groups excluding carboxylic acids is 1. The molecule has 94 valence electrons. The van der Waals surface area contributed by atoms with Gasteiger partial charge in [0.05, 0.1) is 12.4 Å². The van der Waals surface area contributed by atoms with Gasteiger partial charge in [0.2, 0.25) is 0 Å². The second-order valence-electron chi connectivity index (χ2n) is 3.46. The highest BCUT2D eigenvalue weighted by Crippen LogP contribution is 2.01. The molecule has 0 radical (unpaired) electrons. The van der Waals surface area contributed by atoms with Crippen LogP contribution in [0.15, 0.2) is 12.4 Å². The smallest absolute Gasteiger partial charge is 0.271 e. The SMILES string of the molecule is CCCNc1cnc(C(=O)NCCSC)cn1. The summed E-state index contributed by atoms with van der Waals surface area (Å²) in [6.45, 7) is 3.58. The van der Waals surface area contributed by atoms with E-state index in [-0.39, 0.29) is 5.91 Å². The fourth-order valence-corrected chi connectivity index (χ4v) is 1.45. The molecule has 0 fully saturated rings. The Morgan fingerprint density at radius 3 is 2.76 bits per heavy atom. The monoisotopic (exact) mass is 254 g/mol. The number of nitrogens with one attached hydrogen (secondary N) is 2. The predicted molar refractivity (Wildman–Crippen MR) is 71.5 cm³/mol. The van der Waals surface area contributed by atoms with Gasteiger partial charge in [0.15, 0.2) is 0 Å². The van der Waals surface area contributed by atoms with Gasteiger partial charge < -0.3 is 10.6 Å². The van der Waals surface area contributed by atoms with E-state index in [4.69, 9.17) is 0 Å². The zero-order valence-corrected chi connectivity index (χ0v) is 11.0. The molecule has 0 aliphatic heterocycles. The van der Waals surface area contributed by atoms with Gasteiger partial charge in [-0.05, 0) is 12.7 Å². The average molecular weight is 254 g/mol. The van der Waals surface area contributed by atoms with E-state index in [1.54, 1.807) is 18.0 Å². The van der Waals surface area contributed by atoms with Crippen LogP contribution in [0.5, 0.6) is 0 Å². The maximum Gasteiger partial charge on any atom is 0.271 e. The van der Waals surface area contributed by atoms with Gasteiger partial charge in [0.25, 0.3) is 5.91 Å². The molecule has 17 heavy (non-hydrogen) atoms. The molecular weight excluding hydrogens is 236 g/mol. The first kappa shape index (κ1) is 13.8. The Hall–Kier alpha value is -1.30. The van der Waals surface area contributed by atoms with Crippen LogP contribution in [0, 0.1) is 0 Å². The molecule has 0 saturated carbocycles. The van der Waals surface area contributed by atoms with Crippen LogP contribution in [-0.4, -0.2) is 41.0 Å². The molecule has 0 saturated heterocycles. The molecule has 0 bridgehead atoms. The Balaban J connectivity index is 2.46. The largest absolute Gasteiger partial charge is 0.369 e. The summed E-state index contributed by atoms with van der Waals surface area (Å²) in [5.41, 5.74) is 0.355. The maximum absolute atomic E-state index is 11.6. The lowest BCUT2D eigenvalue weighted by molar-refractivity contribution is 0.0951. The number of amides is 1. The number of rotatable bonds is 7. The first-order valence-electron chi connectivity index (χ1n) is 5.61. The van der Waals surface area contributed by atoms with Crippen molar-refractivity contribution in [2.24, 2.45) is 0 Å². The molecule has 2 N–H and O–H groups in total. The third-order valence-electron chi connectivity index (χ3n) is 2.03. The second kappa shape index (κ2) is 7.89. The minimum absolute atomic E-state index is 0.173. The number of aromatic nitrogens is 2. The van der Waals surface area contributed by atoms with Gasteiger partial charge in [0, 0.05) is 18.8 Å². The van der Waals surface area contributed by atoms with Crippen molar-refractivity contribution in [3.05, 3.63) is 18.1 Å². The van der Waals surface area contributed by atoms with Crippen LogP contribution < -0.4 is 10.6 Å². The lowest BCUT2D eigenvalue weighted by Gasteiger charge is -2.05. The van der Waals surface area contributed by atoms with E-state index in [0.717, 1.165) is 18.7 Å². The fourth-order valence-electron chi connectivity index (χ4n) is 1.15. The summed E-state index contributed by atoms with van der Waals surface area (Å²) in [6.07, 6.45) is 6.10. The van der Waals surface area contributed by atoms with Gasteiger partial charge >= 0.3 is 0 Å². The van der Waals surface area contributed by atoms with Gasteiger partial charge in [-0.2, -0.15) is 11.8 Å². The number of carbonyl (C=O) groups is 1. The van der Waals surface area contributed by atoms with Crippen LogP contribution in [-0.2, 0) is 0 Å². The fraction of sp³-hybridized carbons (Fsp3) is 0.545. The van der Waals surface area contributed by atoms with Crippen LogP contribution in [0.3, 0.4) is 0 Å². The molecule has 0 spiro atoms. The number of anilines is 1. The first-order chi connectivity index (χ1) is 8.27. The molecular formula is C11H18N4OS. The van der Waals surface area contributed by atoms with Crippen molar-refractivity contribution in [2.45, 2.75) is 13.3 Å². The van der Waals surface area contributed by atoms with E-state index in [0.29, 0.717) is 18.1 Å². The molecule has 0 atom stereocenters. The van der Waals surface area contributed by atoms with Crippen molar-refractivity contribution in [1.82, 2.24) is 15.3 Å². The summed E-state index contributed by atoms with van der Waals surface area (Å²) in [5.74, 6) is 1.43. The molecule has 1 aromatic rings. The molecule has 1 heterocycles. The Labute approximate surface area is 106 Å². The highest BCUT2D eigenvalue weighted by atomic mass is 32.2. The Bertz CT molecular complexity index is 342. The van der Waals surface area contributed by atoms with E-state index in [1.807, 2.05) is 6.26 Å². The molecule has 0 aliphatic rings. The topological polar surface area (TPSA) is 66.9 Å². The van der Waals surface area contributed by atoms with E-state index in [2.05, 4.69) is 27.5 Å². The number of nitrogens with zero attached hydrogens (tertiary/aromatic N) is 2. The molecule has 6 heteroatoms. The van der Waals surface area contributed by atoms with Gasteiger partial charge in [-0.3, -0.25) is 4.79 Å². The van der Waals surface area contributed by atoms with Crippen LogP contribution in [0.4, 0.5) is 5.82 Å². The molecule has 0 unspecified atom stereocenters. The van der Waals surface area contributed by atoms with Gasteiger partial charge in [-0.1, -0.05) is 6.92 Å². The van der Waals surface area contributed by atoms with Crippen molar-refractivity contribution < 1.29 is 4.79 Å². The van der Waals surface area contributed by atoms with Crippen molar-refractivity contribution in [3.63, 3.8) is 0 Å². The van der Waals surface area contributed by atoms with Crippen LogP contribution in [0.1, 0.15) is 23.8 Å². The summed E-state index contributed by atoms with van der Waals surface area (Å²) in [6, 6.07) is 0. The predicted octanol–water partition coefficient (Wildman–Crippen LogP) is 1.39. The second-order valence-corrected chi connectivity index (χ2v) is 4.45. The molecule has 1 aromatic heterocycles. The summed E-state index contributed by atoms with van der Waals surface area (Å²) in [4.78, 5) is 19.8. The minimum Gasteiger partial charge on any atom is -0.369 e. The Morgan fingerprint density at radius 2 is 2.18 bits per heavy atom. The summed E-state index contributed by atoms with van der Waals surface area (Å²) in [7, 11) is 0. The van der Waals surface area contributed by atoms with Crippen molar-refractivity contribution in [1.29, 1.82) is 0 Å². The van der Waals surface area contributed by atoms with Gasteiger partial charge in [-0.15, -0.1) is 0 Å². The Morgan fingerprint density at radius 1 is 1.35 bits per heavy atom. The minimum atomic E-state index is -0.173. The number of thioether (sulfide) groups is 1. The summed E-state index contributed by atoms with van der Waals surface area (Å²) < 4.78 is 0. The molecule has 0 aliphatic carbocycles. The maximum atomic E-state index is 11.6. The zero-order chi connectivity index (χ0) is 12.5. The third kappa shape index (κ3) is 5.04. The van der Waals surface area contributed by atoms with E-state index >= 15 is 0 Å². The highest BCUT2D eigenvalue weighted by molar-refractivity contribution is 7.98. The lowest BCUT2D eigenvalue weighted by Crippen LogP contribution is -2.26. The lowest BCUT2D eigenvalue weighted by atomic mass is 10.4. The van der Waals surface area contributed by atoms with Gasteiger partial charge in [-0.25, -0.2) is 9.97 Å². The number of hydrogen-bond donors (Lipinski definition) is 2. The van der Waals surface area contributed by atoms with Crippen molar-refractivity contribution >= 4 is 23.5 Å². The van der Waals surface area contributed by atoms with Crippen LogP contribution in [0.2, 0.25) is 0 Å². The standard InChI is InChI=1S/C11H18N4OS/c1-3-4-12-10-8-14-9(7-15-10)11(16)13-5-6-17-2/h7-8H,3-6H2,1-2H3,(H,12,15)(H,13,16). The van der Waals surface area contributed by atoms with Crippen molar-refractivity contribution in [2.75, 3.05) is 30.4 Å². The molecule has 1 amide bonds. The molecule has 5 nitrogen and oxygen atoms in total.